The lowest BCUT2D eigenvalue weighted by atomic mass is 10.1. The molecule has 1 N–H and O–H groups in total. The number of rotatable bonds is 2. The average molecular weight is 269 g/mol. The Balaban J connectivity index is 3.01. The van der Waals surface area contributed by atoms with Crippen LogP contribution in [0.4, 0.5) is 13.2 Å². The van der Waals surface area contributed by atoms with E-state index in [1.165, 1.54) is 12.1 Å². The summed E-state index contributed by atoms with van der Waals surface area (Å²) in [4.78, 5) is 0. The summed E-state index contributed by atoms with van der Waals surface area (Å²) in [5.74, 6) is 0. The number of benzene rings is 1. The molecule has 0 aromatic heterocycles. The Labute approximate surface area is 87.7 Å². The smallest absolute Gasteiger partial charge is 0.388 e. The Morgan fingerprint density at radius 3 is 2.50 bits per heavy atom. The van der Waals surface area contributed by atoms with Gasteiger partial charge >= 0.3 is 6.18 Å². The van der Waals surface area contributed by atoms with E-state index >= 15 is 0 Å². The van der Waals surface area contributed by atoms with Gasteiger partial charge in [0.1, 0.15) is 0 Å². The summed E-state index contributed by atoms with van der Waals surface area (Å²) in [7, 11) is 0. The molecule has 0 fully saturated rings. The lowest BCUT2D eigenvalue weighted by molar-refractivity contribution is -0.137. The monoisotopic (exact) mass is 268 g/mol. The number of aliphatic hydroxyl groups excluding tert-OH is 1. The summed E-state index contributed by atoms with van der Waals surface area (Å²) in [5.41, 5.74) is -0.480. The topological polar surface area (TPSA) is 20.2 Å². The first kappa shape index (κ1) is 11.5. The number of hydrogen-bond acceptors (Lipinski definition) is 1. The molecule has 78 valence electrons. The molecule has 0 saturated heterocycles. The minimum absolute atomic E-state index is 0.217. The number of alkyl halides is 4. The van der Waals surface area contributed by atoms with E-state index in [4.69, 9.17) is 0 Å². The molecule has 0 aliphatic carbocycles. The predicted octanol–water partition coefficient (Wildman–Crippen LogP) is 3.13. The highest BCUT2D eigenvalue weighted by Crippen LogP contribution is 2.30. The third-order valence-electron chi connectivity index (χ3n) is 1.74. The Kier molecular flexibility index (Phi) is 3.55. The van der Waals surface area contributed by atoms with E-state index in [-0.39, 0.29) is 10.9 Å². The molecule has 1 nitrogen and oxygen atoms in total. The maximum Gasteiger partial charge on any atom is 0.416 e. The van der Waals surface area contributed by atoms with Gasteiger partial charge in [-0.25, -0.2) is 0 Å². The highest BCUT2D eigenvalue weighted by molar-refractivity contribution is 9.09. The van der Waals surface area contributed by atoms with Gasteiger partial charge < -0.3 is 5.11 Å². The van der Waals surface area contributed by atoms with Crippen molar-refractivity contribution in [2.75, 3.05) is 5.33 Å². The quantitative estimate of drug-likeness (QED) is 0.818. The molecule has 0 spiro atoms. The molecule has 0 aliphatic rings. The van der Waals surface area contributed by atoms with Crippen molar-refractivity contribution >= 4 is 15.9 Å². The molecular formula is C9H8BrF3O. The molecular weight excluding hydrogens is 261 g/mol. The van der Waals surface area contributed by atoms with E-state index in [9.17, 15) is 18.3 Å². The van der Waals surface area contributed by atoms with Crippen molar-refractivity contribution in [2.45, 2.75) is 12.3 Å². The van der Waals surface area contributed by atoms with Crippen molar-refractivity contribution in [1.82, 2.24) is 0 Å². The van der Waals surface area contributed by atoms with Gasteiger partial charge in [-0.1, -0.05) is 28.1 Å². The van der Waals surface area contributed by atoms with Gasteiger partial charge in [-0.3, -0.25) is 0 Å². The zero-order valence-corrected chi connectivity index (χ0v) is 8.64. The molecule has 5 heteroatoms. The molecule has 0 radical (unpaired) electrons. The van der Waals surface area contributed by atoms with Gasteiger partial charge in [0.2, 0.25) is 0 Å². The van der Waals surface area contributed by atoms with E-state index in [0.29, 0.717) is 0 Å². The summed E-state index contributed by atoms with van der Waals surface area (Å²) in [6.45, 7) is 0. The molecule has 0 bridgehead atoms. The SMILES string of the molecule is O[C@@H](CBr)c1cccc(C(F)(F)F)c1. The highest BCUT2D eigenvalue weighted by Gasteiger charge is 2.30. The number of halogens is 4. The second-order valence-electron chi connectivity index (χ2n) is 2.79. The number of aliphatic hydroxyl groups is 1. The molecule has 0 unspecified atom stereocenters. The first-order valence-corrected chi connectivity index (χ1v) is 4.98. The van der Waals surface area contributed by atoms with Gasteiger partial charge in [0.15, 0.2) is 0 Å². The summed E-state index contributed by atoms with van der Waals surface area (Å²) in [5, 5.41) is 9.52. The van der Waals surface area contributed by atoms with Crippen LogP contribution in [0.2, 0.25) is 0 Å². The zero-order valence-electron chi connectivity index (χ0n) is 7.05. The minimum atomic E-state index is -4.36. The third-order valence-corrected chi connectivity index (χ3v) is 2.36. The molecule has 0 heterocycles. The fourth-order valence-corrected chi connectivity index (χ4v) is 1.39. The maximum atomic E-state index is 12.2. The van der Waals surface area contributed by atoms with Crippen LogP contribution in [0.15, 0.2) is 24.3 Å². The summed E-state index contributed by atoms with van der Waals surface area (Å²) >= 11 is 3.00. The van der Waals surface area contributed by atoms with Crippen LogP contribution in [-0.2, 0) is 6.18 Å². The lowest BCUT2D eigenvalue weighted by Gasteiger charge is -2.11. The van der Waals surface area contributed by atoms with Crippen LogP contribution in [0.5, 0.6) is 0 Å². The third kappa shape index (κ3) is 2.72. The minimum Gasteiger partial charge on any atom is -0.388 e. The van der Waals surface area contributed by atoms with Gasteiger partial charge in [-0.15, -0.1) is 0 Å². The van der Waals surface area contributed by atoms with Gasteiger partial charge in [0.25, 0.3) is 0 Å². The van der Waals surface area contributed by atoms with Crippen molar-refractivity contribution in [3.8, 4) is 0 Å². The summed E-state index contributed by atoms with van der Waals surface area (Å²) < 4.78 is 36.7. The Hall–Kier alpha value is -0.550. The van der Waals surface area contributed by atoms with Crippen LogP contribution in [0.3, 0.4) is 0 Å². The van der Waals surface area contributed by atoms with Crippen LogP contribution in [0.25, 0.3) is 0 Å². The van der Waals surface area contributed by atoms with Crippen LogP contribution in [0.1, 0.15) is 17.2 Å². The summed E-state index contributed by atoms with van der Waals surface area (Å²) in [6.07, 6.45) is -5.26. The predicted molar refractivity (Wildman–Crippen MR) is 50.2 cm³/mol. The largest absolute Gasteiger partial charge is 0.416 e. The Morgan fingerprint density at radius 2 is 2.00 bits per heavy atom. The fraction of sp³-hybridized carbons (Fsp3) is 0.333. The normalized spacial score (nSPS) is 14.1. The standard InChI is InChI=1S/C9H8BrF3O/c10-5-8(14)6-2-1-3-7(4-6)9(11,12)13/h1-4,8,14H,5H2/t8-/m0/s1. The molecule has 1 aromatic carbocycles. The van der Waals surface area contributed by atoms with Crippen LogP contribution in [-0.4, -0.2) is 10.4 Å². The molecule has 14 heavy (non-hydrogen) atoms. The van der Waals surface area contributed by atoms with E-state index in [0.717, 1.165) is 12.1 Å². The highest BCUT2D eigenvalue weighted by atomic mass is 79.9. The second kappa shape index (κ2) is 4.31. The van der Waals surface area contributed by atoms with E-state index in [1.54, 1.807) is 0 Å². The fourth-order valence-electron chi connectivity index (χ4n) is 1.01. The summed E-state index contributed by atoms with van der Waals surface area (Å²) in [6, 6.07) is 4.67. The molecule has 1 rings (SSSR count). The van der Waals surface area contributed by atoms with Crippen LogP contribution in [0, 0.1) is 0 Å². The van der Waals surface area contributed by atoms with Gasteiger partial charge in [-0.05, 0) is 17.7 Å². The van der Waals surface area contributed by atoms with Gasteiger partial charge in [0, 0.05) is 5.33 Å². The van der Waals surface area contributed by atoms with Gasteiger partial charge in [-0.2, -0.15) is 13.2 Å². The van der Waals surface area contributed by atoms with Crippen molar-refractivity contribution < 1.29 is 18.3 Å². The van der Waals surface area contributed by atoms with Crippen LogP contribution < -0.4 is 0 Å². The van der Waals surface area contributed by atoms with Crippen molar-refractivity contribution in [1.29, 1.82) is 0 Å². The zero-order chi connectivity index (χ0) is 10.8. The maximum absolute atomic E-state index is 12.2. The first-order valence-electron chi connectivity index (χ1n) is 3.86. The lowest BCUT2D eigenvalue weighted by Crippen LogP contribution is -2.07. The first-order chi connectivity index (χ1) is 6.45. The van der Waals surface area contributed by atoms with Crippen molar-refractivity contribution in [3.05, 3.63) is 35.4 Å². The number of hydrogen-bond donors (Lipinski definition) is 1. The van der Waals surface area contributed by atoms with Gasteiger partial charge in [0.05, 0.1) is 11.7 Å². The molecule has 1 atom stereocenters. The van der Waals surface area contributed by atoms with Crippen molar-refractivity contribution in [3.63, 3.8) is 0 Å². The van der Waals surface area contributed by atoms with E-state index < -0.39 is 17.8 Å². The van der Waals surface area contributed by atoms with E-state index in [2.05, 4.69) is 15.9 Å². The molecule has 0 aliphatic heterocycles. The Bertz CT molecular complexity index is 311. The molecule has 1 aromatic rings. The van der Waals surface area contributed by atoms with E-state index in [1.807, 2.05) is 0 Å². The van der Waals surface area contributed by atoms with Crippen LogP contribution >= 0.6 is 15.9 Å². The second-order valence-corrected chi connectivity index (χ2v) is 3.44. The molecule has 0 amide bonds. The van der Waals surface area contributed by atoms with Crippen molar-refractivity contribution in [2.24, 2.45) is 0 Å². The molecule has 0 saturated carbocycles. The Morgan fingerprint density at radius 1 is 1.36 bits per heavy atom. The average Bonchev–Trinajstić information content (AvgIpc) is 2.15.